The van der Waals surface area contributed by atoms with Crippen molar-refractivity contribution in [1.82, 2.24) is 19.7 Å². The van der Waals surface area contributed by atoms with Crippen LogP contribution in [-0.2, 0) is 17.5 Å². The van der Waals surface area contributed by atoms with Crippen molar-refractivity contribution < 1.29 is 22.7 Å². The first-order valence-corrected chi connectivity index (χ1v) is 7.33. The number of likely N-dealkylation sites (tertiary alicyclic amines) is 1. The minimum Gasteiger partial charge on any atom is -0.470 e. The predicted octanol–water partition coefficient (Wildman–Crippen LogP) is 0.947. The number of hydrogen-bond acceptors (Lipinski definition) is 5. The first-order chi connectivity index (χ1) is 11.8. The van der Waals surface area contributed by atoms with Gasteiger partial charge in [-0.2, -0.15) is 18.3 Å². The number of alkyl halides is 3. The number of pyridine rings is 1. The van der Waals surface area contributed by atoms with Crippen LogP contribution < -0.4 is 10.3 Å². The quantitative estimate of drug-likeness (QED) is 0.817. The minimum atomic E-state index is -4.57. The molecule has 7 nitrogen and oxygen atoms in total. The molecule has 0 N–H and O–H groups in total. The molecule has 0 saturated carbocycles. The van der Waals surface area contributed by atoms with Crippen molar-refractivity contribution in [1.29, 1.82) is 0 Å². The van der Waals surface area contributed by atoms with Crippen LogP contribution in [0.25, 0.3) is 0 Å². The molecule has 0 bridgehead atoms. The lowest BCUT2D eigenvalue weighted by atomic mass is 10.1. The van der Waals surface area contributed by atoms with Crippen molar-refractivity contribution in [2.75, 3.05) is 13.1 Å². The third-order valence-corrected chi connectivity index (χ3v) is 3.63. The van der Waals surface area contributed by atoms with Crippen LogP contribution in [0.4, 0.5) is 13.2 Å². The topological polar surface area (TPSA) is 77.3 Å². The number of nitrogens with zero attached hydrogens (tertiary/aromatic N) is 4. The van der Waals surface area contributed by atoms with Crippen LogP contribution in [0, 0.1) is 0 Å². The smallest absolute Gasteiger partial charge is 0.421 e. The Morgan fingerprint density at radius 1 is 1.24 bits per heavy atom. The van der Waals surface area contributed by atoms with Crippen LogP contribution >= 0.6 is 0 Å². The Morgan fingerprint density at radius 2 is 1.96 bits per heavy atom. The fraction of sp³-hybridized carbons (Fsp3) is 0.333. The van der Waals surface area contributed by atoms with Gasteiger partial charge in [0, 0.05) is 18.5 Å². The summed E-state index contributed by atoms with van der Waals surface area (Å²) in [7, 11) is 0. The Kier molecular flexibility index (Phi) is 4.43. The highest BCUT2D eigenvalue weighted by Crippen LogP contribution is 2.35. The molecular formula is C15H13F3N4O3. The number of aromatic nitrogens is 3. The van der Waals surface area contributed by atoms with E-state index in [2.05, 4.69) is 10.1 Å². The first kappa shape index (κ1) is 16.9. The van der Waals surface area contributed by atoms with Gasteiger partial charge in [-0.1, -0.05) is 0 Å². The van der Waals surface area contributed by atoms with E-state index in [0.717, 1.165) is 10.7 Å². The van der Waals surface area contributed by atoms with Crippen LogP contribution in [-0.4, -0.2) is 44.8 Å². The normalized spacial score (nSPS) is 14.9. The lowest BCUT2D eigenvalue weighted by Gasteiger charge is -2.38. The molecular weight excluding hydrogens is 341 g/mol. The van der Waals surface area contributed by atoms with E-state index in [1.807, 2.05) is 0 Å². The largest absolute Gasteiger partial charge is 0.470 e. The number of amides is 1. The fourth-order valence-corrected chi connectivity index (χ4v) is 2.31. The maximum Gasteiger partial charge on any atom is 0.421 e. The minimum absolute atomic E-state index is 0.119. The average Bonchev–Trinajstić information content (AvgIpc) is 2.52. The number of halogens is 3. The van der Waals surface area contributed by atoms with E-state index < -0.39 is 29.3 Å². The zero-order valence-electron chi connectivity index (χ0n) is 12.8. The SMILES string of the molecule is O=C(Cn1ncccc1=O)N1CC(Oc2ncccc2C(F)(F)F)C1. The summed E-state index contributed by atoms with van der Waals surface area (Å²) in [5.74, 6) is -0.870. The summed E-state index contributed by atoms with van der Waals surface area (Å²) in [6, 6.07) is 4.80. The first-order valence-electron chi connectivity index (χ1n) is 7.33. The Bertz CT molecular complexity index is 831. The van der Waals surface area contributed by atoms with Crippen molar-refractivity contribution >= 4 is 5.91 Å². The highest BCUT2D eigenvalue weighted by molar-refractivity contribution is 5.76. The van der Waals surface area contributed by atoms with Gasteiger partial charge < -0.3 is 9.64 Å². The number of carbonyl (C=O) groups excluding carboxylic acids is 1. The Morgan fingerprint density at radius 3 is 2.64 bits per heavy atom. The summed E-state index contributed by atoms with van der Waals surface area (Å²) >= 11 is 0. The van der Waals surface area contributed by atoms with Crippen LogP contribution in [0.15, 0.2) is 41.5 Å². The molecule has 0 aliphatic carbocycles. The van der Waals surface area contributed by atoms with Gasteiger partial charge in [0.15, 0.2) is 0 Å². The second-order valence-corrected chi connectivity index (χ2v) is 5.41. The molecule has 1 aliphatic heterocycles. The number of ether oxygens (including phenoxy) is 1. The summed E-state index contributed by atoms with van der Waals surface area (Å²) < 4.78 is 44.9. The van der Waals surface area contributed by atoms with Gasteiger partial charge in [0.2, 0.25) is 11.8 Å². The second kappa shape index (κ2) is 6.54. The molecule has 0 unspecified atom stereocenters. The van der Waals surface area contributed by atoms with E-state index >= 15 is 0 Å². The highest BCUT2D eigenvalue weighted by Gasteiger charge is 2.38. The van der Waals surface area contributed by atoms with E-state index in [0.29, 0.717) is 0 Å². The van der Waals surface area contributed by atoms with E-state index in [1.165, 1.54) is 35.5 Å². The molecule has 0 aromatic carbocycles. The van der Waals surface area contributed by atoms with Crippen LogP contribution in [0.2, 0.25) is 0 Å². The third-order valence-electron chi connectivity index (χ3n) is 3.63. The van der Waals surface area contributed by atoms with E-state index in [1.54, 1.807) is 0 Å². The molecule has 10 heteroatoms. The van der Waals surface area contributed by atoms with Gasteiger partial charge in [-0.3, -0.25) is 9.59 Å². The summed E-state index contributed by atoms with van der Waals surface area (Å²) in [4.78, 5) is 28.5. The molecule has 3 rings (SSSR count). The van der Waals surface area contributed by atoms with Crippen molar-refractivity contribution in [3.05, 3.63) is 52.6 Å². The van der Waals surface area contributed by atoms with Gasteiger partial charge in [0.25, 0.3) is 5.56 Å². The van der Waals surface area contributed by atoms with Crippen LogP contribution in [0.3, 0.4) is 0 Å². The Balaban J connectivity index is 1.58. The van der Waals surface area contributed by atoms with E-state index in [9.17, 15) is 22.8 Å². The van der Waals surface area contributed by atoms with Crippen molar-refractivity contribution in [2.24, 2.45) is 0 Å². The molecule has 2 aromatic rings. The Labute approximate surface area is 139 Å². The molecule has 2 aromatic heterocycles. The lowest BCUT2D eigenvalue weighted by Crippen LogP contribution is -2.57. The molecule has 1 aliphatic rings. The maximum absolute atomic E-state index is 12.9. The van der Waals surface area contributed by atoms with Gasteiger partial charge in [-0.05, 0) is 18.2 Å². The van der Waals surface area contributed by atoms with Crippen molar-refractivity contribution in [3.8, 4) is 5.88 Å². The molecule has 132 valence electrons. The summed E-state index contributed by atoms with van der Waals surface area (Å²) in [5, 5.41) is 3.77. The molecule has 1 fully saturated rings. The highest BCUT2D eigenvalue weighted by atomic mass is 19.4. The van der Waals surface area contributed by atoms with E-state index in [-0.39, 0.29) is 25.5 Å². The van der Waals surface area contributed by atoms with Crippen molar-refractivity contribution in [3.63, 3.8) is 0 Å². The Hall–Kier alpha value is -2.91. The predicted molar refractivity (Wildman–Crippen MR) is 78.7 cm³/mol. The zero-order valence-corrected chi connectivity index (χ0v) is 12.8. The van der Waals surface area contributed by atoms with Crippen LogP contribution in [0.5, 0.6) is 5.88 Å². The third kappa shape index (κ3) is 3.78. The summed E-state index contributed by atoms with van der Waals surface area (Å²) in [6.07, 6.45) is -2.56. The molecule has 3 heterocycles. The van der Waals surface area contributed by atoms with E-state index in [4.69, 9.17) is 4.74 Å². The summed E-state index contributed by atoms with van der Waals surface area (Å²) in [5.41, 5.74) is -1.37. The molecule has 0 atom stereocenters. The fourth-order valence-electron chi connectivity index (χ4n) is 2.31. The average molecular weight is 354 g/mol. The van der Waals surface area contributed by atoms with Gasteiger partial charge in [0.05, 0.1) is 13.1 Å². The van der Waals surface area contributed by atoms with Gasteiger partial charge in [0.1, 0.15) is 18.2 Å². The van der Waals surface area contributed by atoms with Crippen LogP contribution in [0.1, 0.15) is 5.56 Å². The molecule has 1 saturated heterocycles. The standard InChI is InChI=1S/C15H13F3N4O3/c16-15(17,18)11-3-1-5-19-14(11)25-10-7-21(8-10)13(24)9-22-12(23)4-2-6-20-22/h1-6,10H,7-9H2. The maximum atomic E-state index is 12.9. The number of rotatable bonds is 4. The zero-order chi connectivity index (χ0) is 18.0. The molecule has 0 spiro atoms. The van der Waals surface area contributed by atoms with Gasteiger partial charge in [-0.15, -0.1) is 0 Å². The lowest BCUT2D eigenvalue weighted by molar-refractivity contribution is -0.145. The van der Waals surface area contributed by atoms with Gasteiger partial charge in [-0.25, -0.2) is 9.67 Å². The second-order valence-electron chi connectivity index (χ2n) is 5.41. The number of carbonyl (C=O) groups is 1. The van der Waals surface area contributed by atoms with Crippen molar-refractivity contribution in [2.45, 2.75) is 18.8 Å². The molecule has 1 amide bonds. The number of hydrogen-bond donors (Lipinski definition) is 0. The van der Waals surface area contributed by atoms with Gasteiger partial charge >= 0.3 is 6.18 Å². The summed E-state index contributed by atoms with van der Waals surface area (Å²) in [6.45, 7) is 0.00631. The molecule has 0 radical (unpaired) electrons. The molecule has 25 heavy (non-hydrogen) atoms. The monoisotopic (exact) mass is 354 g/mol.